The van der Waals surface area contributed by atoms with Gasteiger partial charge in [-0.3, -0.25) is 9.55 Å². The van der Waals surface area contributed by atoms with Crippen molar-refractivity contribution in [3.8, 4) is 11.8 Å². The number of rotatable bonds is 2. The highest BCUT2D eigenvalue weighted by atomic mass is 35.5. The van der Waals surface area contributed by atoms with Crippen molar-refractivity contribution in [3.05, 3.63) is 53.9 Å². The molecule has 0 bridgehead atoms. The molecular weight excluding hydrogens is 279 g/mol. The zero-order valence-electron chi connectivity index (χ0n) is 10.2. The lowest BCUT2D eigenvalue weighted by atomic mass is 10.2. The Morgan fingerprint density at radius 1 is 1.35 bits per heavy atom. The molecule has 98 valence electrons. The molecule has 0 spiro atoms. The number of halogens is 2. The summed E-state index contributed by atoms with van der Waals surface area (Å²) in [5.74, 6) is 0.179. The highest BCUT2D eigenvalue weighted by molar-refractivity contribution is 6.17. The molecule has 0 aliphatic heterocycles. The molecule has 3 rings (SSSR count). The molecule has 0 aliphatic rings. The number of hydrogen-bond donors (Lipinski definition) is 0. The first kappa shape index (κ1) is 12.6. The average Bonchev–Trinajstić information content (AvgIpc) is 2.85. The van der Waals surface area contributed by atoms with Gasteiger partial charge in [-0.1, -0.05) is 0 Å². The van der Waals surface area contributed by atoms with Gasteiger partial charge in [-0.15, -0.1) is 11.6 Å². The number of benzene rings is 1. The molecular formula is C14H8ClFN4. The first-order chi connectivity index (χ1) is 9.74. The van der Waals surface area contributed by atoms with Crippen molar-refractivity contribution in [2.24, 2.45) is 0 Å². The lowest BCUT2D eigenvalue weighted by molar-refractivity contribution is 0.617. The molecule has 0 saturated heterocycles. The van der Waals surface area contributed by atoms with Gasteiger partial charge in [-0.25, -0.2) is 9.37 Å². The van der Waals surface area contributed by atoms with Gasteiger partial charge >= 0.3 is 0 Å². The van der Waals surface area contributed by atoms with Crippen LogP contribution in [0.25, 0.3) is 16.7 Å². The molecule has 0 aliphatic carbocycles. The number of alkyl halides is 1. The Morgan fingerprint density at radius 3 is 2.90 bits per heavy atom. The summed E-state index contributed by atoms with van der Waals surface area (Å²) in [6, 6.07) is 7.95. The van der Waals surface area contributed by atoms with Gasteiger partial charge < -0.3 is 0 Å². The van der Waals surface area contributed by atoms with Gasteiger partial charge in [0.1, 0.15) is 17.2 Å². The topological polar surface area (TPSA) is 54.5 Å². The van der Waals surface area contributed by atoms with Crippen LogP contribution in [0, 0.1) is 17.1 Å². The largest absolute Gasteiger partial charge is 0.292 e. The SMILES string of the molecule is N#Cc1ccc(-n2c(CCl)nc3cnccc32)c(F)c1. The minimum Gasteiger partial charge on any atom is -0.292 e. The summed E-state index contributed by atoms with van der Waals surface area (Å²) in [5, 5.41) is 8.79. The van der Waals surface area contributed by atoms with Crippen LogP contribution in [0.5, 0.6) is 0 Å². The first-order valence-electron chi connectivity index (χ1n) is 5.82. The molecule has 0 amide bonds. The summed E-state index contributed by atoms with van der Waals surface area (Å²) >= 11 is 5.89. The maximum absolute atomic E-state index is 14.2. The maximum atomic E-state index is 14.2. The summed E-state index contributed by atoms with van der Waals surface area (Å²) in [6.07, 6.45) is 3.21. The van der Waals surface area contributed by atoms with Crippen LogP contribution in [0.2, 0.25) is 0 Å². The van der Waals surface area contributed by atoms with E-state index in [9.17, 15) is 4.39 Å². The zero-order valence-corrected chi connectivity index (χ0v) is 11.0. The molecule has 0 unspecified atom stereocenters. The van der Waals surface area contributed by atoms with Gasteiger partial charge in [0.15, 0.2) is 0 Å². The average molecular weight is 287 g/mol. The smallest absolute Gasteiger partial charge is 0.148 e. The Balaban J connectivity index is 2.31. The summed E-state index contributed by atoms with van der Waals surface area (Å²) in [4.78, 5) is 8.32. The minimum absolute atomic E-state index is 0.147. The van der Waals surface area contributed by atoms with Gasteiger partial charge in [0.05, 0.1) is 34.9 Å². The molecule has 6 heteroatoms. The van der Waals surface area contributed by atoms with E-state index < -0.39 is 5.82 Å². The number of aromatic nitrogens is 3. The van der Waals surface area contributed by atoms with Crippen LogP contribution >= 0.6 is 11.6 Å². The Bertz CT molecular complexity index is 835. The molecule has 2 heterocycles. The Morgan fingerprint density at radius 2 is 2.20 bits per heavy atom. The normalized spacial score (nSPS) is 10.7. The van der Waals surface area contributed by atoms with Crippen molar-refractivity contribution in [2.45, 2.75) is 5.88 Å². The fourth-order valence-corrected chi connectivity index (χ4v) is 2.28. The van der Waals surface area contributed by atoms with Gasteiger partial charge in [0, 0.05) is 6.20 Å². The van der Waals surface area contributed by atoms with Crippen LogP contribution in [-0.2, 0) is 5.88 Å². The van der Waals surface area contributed by atoms with Gasteiger partial charge in [-0.05, 0) is 24.3 Å². The van der Waals surface area contributed by atoms with E-state index >= 15 is 0 Å². The third-order valence-corrected chi connectivity index (χ3v) is 3.20. The molecule has 2 aromatic heterocycles. The second kappa shape index (κ2) is 4.91. The van der Waals surface area contributed by atoms with Crippen molar-refractivity contribution in [3.63, 3.8) is 0 Å². The molecule has 1 aromatic carbocycles. The standard InChI is InChI=1S/C14H8ClFN4/c15-6-14-19-11-8-18-4-3-13(11)20(14)12-2-1-9(7-17)5-10(12)16/h1-5,8H,6H2. The summed E-state index contributed by atoms with van der Waals surface area (Å²) in [7, 11) is 0. The number of nitriles is 1. The van der Waals surface area contributed by atoms with Crippen molar-refractivity contribution < 1.29 is 4.39 Å². The van der Waals surface area contributed by atoms with E-state index in [1.807, 2.05) is 6.07 Å². The third kappa shape index (κ3) is 1.91. The van der Waals surface area contributed by atoms with Crippen molar-refractivity contribution in [2.75, 3.05) is 0 Å². The van der Waals surface area contributed by atoms with E-state index in [2.05, 4.69) is 9.97 Å². The molecule has 0 radical (unpaired) electrons. The summed E-state index contributed by atoms with van der Waals surface area (Å²) in [6.45, 7) is 0. The molecule has 20 heavy (non-hydrogen) atoms. The number of hydrogen-bond acceptors (Lipinski definition) is 3. The van der Waals surface area contributed by atoms with Crippen molar-refractivity contribution in [1.29, 1.82) is 5.26 Å². The second-order valence-electron chi connectivity index (χ2n) is 4.14. The molecule has 3 aromatic rings. The van der Waals surface area contributed by atoms with Gasteiger partial charge in [0.2, 0.25) is 0 Å². The molecule has 0 atom stereocenters. The molecule has 4 nitrogen and oxygen atoms in total. The van der Waals surface area contributed by atoms with Crippen LogP contribution in [0.1, 0.15) is 11.4 Å². The monoisotopic (exact) mass is 286 g/mol. The molecule has 0 fully saturated rings. The second-order valence-corrected chi connectivity index (χ2v) is 4.41. The van der Waals surface area contributed by atoms with Crippen LogP contribution in [-0.4, -0.2) is 14.5 Å². The highest BCUT2D eigenvalue weighted by Crippen LogP contribution is 2.24. The van der Waals surface area contributed by atoms with E-state index in [1.165, 1.54) is 6.07 Å². The van der Waals surface area contributed by atoms with E-state index in [1.54, 1.807) is 35.2 Å². The third-order valence-electron chi connectivity index (χ3n) is 2.96. The molecule has 0 N–H and O–H groups in total. The highest BCUT2D eigenvalue weighted by Gasteiger charge is 2.15. The van der Waals surface area contributed by atoms with E-state index in [0.29, 0.717) is 17.0 Å². The minimum atomic E-state index is -0.494. The maximum Gasteiger partial charge on any atom is 0.148 e. The first-order valence-corrected chi connectivity index (χ1v) is 6.35. The quantitative estimate of drug-likeness (QED) is 0.680. The lowest BCUT2D eigenvalue weighted by Gasteiger charge is -2.09. The Kier molecular flexibility index (Phi) is 3.09. The van der Waals surface area contributed by atoms with Crippen LogP contribution in [0.15, 0.2) is 36.7 Å². The molecule has 0 saturated carbocycles. The van der Waals surface area contributed by atoms with Gasteiger partial charge in [0.25, 0.3) is 0 Å². The summed E-state index contributed by atoms with van der Waals surface area (Å²) < 4.78 is 15.8. The van der Waals surface area contributed by atoms with Crippen LogP contribution < -0.4 is 0 Å². The summed E-state index contributed by atoms with van der Waals surface area (Å²) in [5.41, 5.74) is 1.95. The van der Waals surface area contributed by atoms with E-state index in [-0.39, 0.29) is 11.4 Å². The predicted octanol–water partition coefficient (Wildman–Crippen LogP) is 3.17. The van der Waals surface area contributed by atoms with Gasteiger partial charge in [-0.2, -0.15) is 5.26 Å². The lowest BCUT2D eigenvalue weighted by Crippen LogP contribution is -2.02. The fourth-order valence-electron chi connectivity index (χ4n) is 2.10. The van der Waals surface area contributed by atoms with Crippen molar-refractivity contribution >= 4 is 22.6 Å². The van der Waals surface area contributed by atoms with Crippen LogP contribution in [0.4, 0.5) is 4.39 Å². The van der Waals surface area contributed by atoms with Crippen LogP contribution in [0.3, 0.4) is 0 Å². The zero-order chi connectivity index (χ0) is 14.1. The fraction of sp³-hybridized carbons (Fsp3) is 0.0714. The van der Waals surface area contributed by atoms with E-state index in [0.717, 1.165) is 5.52 Å². The Labute approximate surface area is 119 Å². The number of imidazole rings is 1. The Hall–Kier alpha value is -2.45. The van der Waals surface area contributed by atoms with E-state index in [4.69, 9.17) is 16.9 Å². The predicted molar refractivity (Wildman–Crippen MR) is 73.1 cm³/mol. The number of nitrogens with zero attached hydrogens (tertiary/aromatic N) is 4. The van der Waals surface area contributed by atoms with Crippen molar-refractivity contribution in [1.82, 2.24) is 14.5 Å². The number of fused-ring (bicyclic) bond motifs is 1. The number of pyridine rings is 1.